The predicted octanol–water partition coefficient (Wildman–Crippen LogP) is 3.74. The highest BCUT2D eigenvalue weighted by Gasteiger charge is 2.53. The highest BCUT2D eigenvalue weighted by Crippen LogP contribution is 2.48. The van der Waals surface area contributed by atoms with Crippen LogP contribution in [0, 0.1) is 0 Å². The second-order valence-corrected chi connectivity index (χ2v) is 6.88. The zero-order chi connectivity index (χ0) is 18.7. The number of carbonyl (C=O) groups is 1. The number of carbonyl (C=O) groups excluding carboxylic acids is 1. The van der Waals surface area contributed by atoms with E-state index in [2.05, 4.69) is 10.5 Å². The molecule has 0 saturated heterocycles. The van der Waals surface area contributed by atoms with Gasteiger partial charge in [-0.3, -0.25) is 4.79 Å². The van der Waals surface area contributed by atoms with Crippen LogP contribution in [0.15, 0.2) is 65.2 Å². The minimum atomic E-state index is -0.531. The van der Waals surface area contributed by atoms with Gasteiger partial charge in [0.25, 0.3) is 0 Å². The minimum absolute atomic E-state index is 0.0314. The van der Waals surface area contributed by atoms with Crippen molar-refractivity contribution in [2.75, 3.05) is 13.7 Å². The van der Waals surface area contributed by atoms with Crippen molar-refractivity contribution in [1.29, 1.82) is 0 Å². The van der Waals surface area contributed by atoms with Gasteiger partial charge in [0.2, 0.25) is 5.91 Å². The number of methoxy groups -OCH3 is 1. The molecule has 27 heavy (non-hydrogen) atoms. The van der Waals surface area contributed by atoms with E-state index in [4.69, 9.17) is 9.26 Å². The summed E-state index contributed by atoms with van der Waals surface area (Å²) in [5.41, 5.74) is 2.32. The van der Waals surface area contributed by atoms with Crippen LogP contribution < -0.4 is 10.1 Å². The van der Waals surface area contributed by atoms with Gasteiger partial charge in [-0.05, 0) is 37.0 Å². The van der Waals surface area contributed by atoms with Gasteiger partial charge in [0.1, 0.15) is 5.75 Å². The van der Waals surface area contributed by atoms with E-state index in [-0.39, 0.29) is 5.91 Å². The minimum Gasteiger partial charge on any atom is -0.497 e. The molecule has 1 heterocycles. The van der Waals surface area contributed by atoms with Crippen molar-refractivity contribution in [1.82, 2.24) is 10.5 Å². The van der Waals surface area contributed by atoms with Crippen LogP contribution in [0.1, 0.15) is 24.1 Å². The molecule has 0 aliphatic heterocycles. The molecular formula is C22H22N2O3. The summed E-state index contributed by atoms with van der Waals surface area (Å²) in [4.78, 5) is 12.8. The van der Waals surface area contributed by atoms with Crippen LogP contribution in [0.4, 0.5) is 0 Å². The molecule has 1 amide bonds. The van der Waals surface area contributed by atoms with Gasteiger partial charge in [-0.25, -0.2) is 0 Å². The molecule has 1 aromatic heterocycles. The quantitative estimate of drug-likeness (QED) is 0.695. The molecule has 1 N–H and O–H groups in total. The van der Waals surface area contributed by atoms with E-state index in [0.29, 0.717) is 12.3 Å². The van der Waals surface area contributed by atoms with Crippen LogP contribution in [0.25, 0.3) is 11.3 Å². The summed E-state index contributed by atoms with van der Waals surface area (Å²) in [6, 6.07) is 19.6. The average Bonchev–Trinajstić information content (AvgIpc) is 3.39. The molecule has 1 saturated carbocycles. The van der Waals surface area contributed by atoms with Gasteiger partial charge in [-0.1, -0.05) is 47.6 Å². The smallest absolute Gasteiger partial charge is 0.232 e. The maximum absolute atomic E-state index is 12.8. The Kier molecular flexibility index (Phi) is 4.67. The number of ether oxygens (including phenoxy) is 1. The maximum atomic E-state index is 12.8. The standard InChI is InChI=1S/C22H22N2O3/c1-26-18-9-7-16(8-10-18)11-14-23-21(25)22(12-13-22)20-15-19(27-24-20)17-5-3-2-4-6-17/h2-10,15H,11-14H2,1H3,(H,23,25). The van der Waals surface area contributed by atoms with Gasteiger partial charge in [-0.15, -0.1) is 0 Å². The Morgan fingerprint density at radius 3 is 2.56 bits per heavy atom. The first-order valence-electron chi connectivity index (χ1n) is 9.15. The number of amides is 1. The number of benzene rings is 2. The molecule has 1 aliphatic rings. The lowest BCUT2D eigenvalue weighted by Crippen LogP contribution is -2.36. The van der Waals surface area contributed by atoms with Crippen LogP contribution in [-0.4, -0.2) is 24.7 Å². The Bertz CT molecular complexity index is 912. The van der Waals surface area contributed by atoms with E-state index in [1.165, 1.54) is 0 Å². The number of hydrogen-bond acceptors (Lipinski definition) is 4. The third kappa shape index (κ3) is 3.58. The van der Waals surface area contributed by atoms with Crippen LogP contribution in [0.5, 0.6) is 5.75 Å². The monoisotopic (exact) mass is 362 g/mol. The highest BCUT2D eigenvalue weighted by molar-refractivity contribution is 5.91. The third-order valence-electron chi connectivity index (χ3n) is 5.10. The zero-order valence-corrected chi connectivity index (χ0v) is 15.3. The molecule has 3 aromatic rings. The highest BCUT2D eigenvalue weighted by atomic mass is 16.5. The fourth-order valence-corrected chi connectivity index (χ4v) is 3.25. The van der Waals surface area contributed by atoms with E-state index in [1.807, 2.05) is 60.7 Å². The Labute approximate surface area is 158 Å². The summed E-state index contributed by atoms with van der Waals surface area (Å²) < 4.78 is 10.6. The van der Waals surface area contributed by atoms with Gasteiger partial charge in [0, 0.05) is 18.2 Å². The van der Waals surface area contributed by atoms with Crippen LogP contribution in [0.2, 0.25) is 0 Å². The molecule has 2 aromatic carbocycles. The Hall–Kier alpha value is -3.08. The van der Waals surface area contributed by atoms with Crippen LogP contribution in [0.3, 0.4) is 0 Å². The Morgan fingerprint density at radius 2 is 1.89 bits per heavy atom. The second-order valence-electron chi connectivity index (χ2n) is 6.88. The predicted molar refractivity (Wildman–Crippen MR) is 103 cm³/mol. The van der Waals surface area contributed by atoms with E-state index in [9.17, 15) is 4.79 Å². The van der Waals surface area contributed by atoms with Crippen molar-refractivity contribution in [3.63, 3.8) is 0 Å². The lowest BCUT2D eigenvalue weighted by Gasteiger charge is -2.12. The van der Waals surface area contributed by atoms with Crippen molar-refractivity contribution < 1.29 is 14.1 Å². The lowest BCUT2D eigenvalue weighted by atomic mass is 10.00. The summed E-state index contributed by atoms with van der Waals surface area (Å²) in [6.45, 7) is 0.594. The first-order valence-corrected chi connectivity index (χ1v) is 9.15. The fourth-order valence-electron chi connectivity index (χ4n) is 3.25. The topological polar surface area (TPSA) is 64.4 Å². The van der Waals surface area contributed by atoms with Gasteiger partial charge in [0.15, 0.2) is 5.76 Å². The van der Waals surface area contributed by atoms with Crippen molar-refractivity contribution in [3.05, 3.63) is 71.9 Å². The molecule has 0 bridgehead atoms. The summed E-state index contributed by atoms with van der Waals surface area (Å²) in [5, 5.41) is 7.24. The summed E-state index contributed by atoms with van der Waals surface area (Å²) in [5.74, 6) is 1.56. The summed E-state index contributed by atoms with van der Waals surface area (Å²) >= 11 is 0. The molecule has 1 fully saturated rings. The Morgan fingerprint density at radius 1 is 1.15 bits per heavy atom. The lowest BCUT2D eigenvalue weighted by molar-refractivity contribution is -0.123. The van der Waals surface area contributed by atoms with Crippen LogP contribution in [-0.2, 0) is 16.6 Å². The SMILES string of the molecule is COc1ccc(CCNC(=O)C2(c3cc(-c4ccccc4)on3)CC2)cc1. The van der Waals surface area contributed by atoms with Gasteiger partial charge < -0.3 is 14.6 Å². The Balaban J connectivity index is 1.37. The van der Waals surface area contributed by atoms with E-state index >= 15 is 0 Å². The molecule has 0 atom stereocenters. The molecule has 5 heteroatoms. The van der Waals surface area contributed by atoms with Crippen molar-refractivity contribution >= 4 is 5.91 Å². The molecule has 138 valence electrons. The number of rotatable bonds is 7. The van der Waals surface area contributed by atoms with Gasteiger partial charge in [-0.2, -0.15) is 0 Å². The number of aromatic nitrogens is 1. The van der Waals surface area contributed by atoms with Crippen molar-refractivity contribution in [2.24, 2.45) is 0 Å². The maximum Gasteiger partial charge on any atom is 0.232 e. The first kappa shape index (κ1) is 17.3. The largest absolute Gasteiger partial charge is 0.497 e. The summed E-state index contributed by atoms with van der Waals surface area (Å²) in [7, 11) is 1.65. The van der Waals surface area contributed by atoms with Gasteiger partial charge >= 0.3 is 0 Å². The number of nitrogens with zero attached hydrogens (tertiary/aromatic N) is 1. The van der Waals surface area contributed by atoms with E-state index < -0.39 is 5.41 Å². The first-order chi connectivity index (χ1) is 13.2. The fraction of sp³-hybridized carbons (Fsp3) is 0.273. The normalized spacial score (nSPS) is 14.6. The molecular weight excluding hydrogens is 340 g/mol. The molecule has 4 rings (SSSR count). The number of hydrogen-bond donors (Lipinski definition) is 1. The average molecular weight is 362 g/mol. The number of nitrogens with one attached hydrogen (secondary N) is 1. The summed E-state index contributed by atoms with van der Waals surface area (Å²) in [6.07, 6.45) is 2.39. The molecule has 0 radical (unpaired) electrons. The zero-order valence-electron chi connectivity index (χ0n) is 15.3. The van der Waals surface area contributed by atoms with Crippen molar-refractivity contribution in [3.8, 4) is 17.1 Å². The van der Waals surface area contributed by atoms with Gasteiger partial charge in [0.05, 0.1) is 18.2 Å². The second kappa shape index (κ2) is 7.27. The third-order valence-corrected chi connectivity index (χ3v) is 5.10. The van der Waals surface area contributed by atoms with Crippen molar-refractivity contribution in [2.45, 2.75) is 24.7 Å². The molecule has 0 unspecified atom stereocenters. The molecule has 0 spiro atoms. The van der Waals surface area contributed by atoms with E-state index in [0.717, 1.165) is 41.8 Å². The van der Waals surface area contributed by atoms with Crippen LogP contribution >= 0.6 is 0 Å². The molecule has 5 nitrogen and oxygen atoms in total. The van der Waals surface area contributed by atoms with E-state index in [1.54, 1.807) is 7.11 Å². The molecule has 1 aliphatic carbocycles.